The SMILES string of the molecule is Fc1cnc(N2CC3(CC(c4nnc5n4-c4ccc(Cl)cc4CN([C@H]4CCOC4)C5)C3)C2)nc1. The molecule has 1 aliphatic carbocycles. The molecule has 5 heterocycles. The highest BCUT2D eigenvalue weighted by atomic mass is 35.5. The number of rotatable bonds is 3. The normalized spacial score (nSPS) is 23.8. The Hall–Kier alpha value is -2.62. The third-order valence-electron chi connectivity index (χ3n) is 7.84. The Morgan fingerprint density at radius 1 is 1.09 bits per heavy atom. The molecule has 0 N–H and O–H groups in total. The summed E-state index contributed by atoms with van der Waals surface area (Å²) in [6.07, 6.45) is 5.62. The molecule has 3 fully saturated rings. The van der Waals surface area contributed by atoms with E-state index in [1.807, 2.05) is 6.07 Å². The van der Waals surface area contributed by atoms with E-state index in [4.69, 9.17) is 21.4 Å². The van der Waals surface area contributed by atoms with Crippen LogP contribution < -0.4 is 4.90 Å². The molecule has 10 heteroatoms. The number of fused-ring (bicyclic) bond motifs is 3. The van der Waals surface area contributed by atoms with Gasteiger partial charge in [0.2, 0.25) is 5.95 Å². The van der Waals surface area contributed by atoms with Gasteiger partial charge < -0.3 is 9.64 Å². The van der Waals surface area contributed by atoms with Crippen molar-refractivity contribution >= 4 is 17.5 Å². The smallest absolute Gasteiger partial charge is 0.225 e. The predicted molar refractivity (Wildman–Crippen MR) is 123 cm³/mol. The van der Waals surface area contributed by atoms with Crippen LogP contribution in [0.2, 0.25) is 5.02 Å². The first-order valence-corrected chi connectivity index (χ1v) is 12.2. The highest BCUT2D eigenvalue weighted by Crippen LogP contribution is 2.56. The van der Waals surface area contributed by atoms with Crippen LogP contribution in [0.25, 0.3) is 5.69 Å². The number of hydrogen-bond donors (Lipinski definition) is 0. The summed E-state index contributed by atoms with van der Waals surface area (Å²) >= 11 is 6.40. The second-order valence-electron chi connectivity index (χ2n) is 10.2. The molecular weight excluding hydrogens is 457 g/mol. The predicted octanol–water partition coefficient (Wildman–Crippen LogP) is 3.34. The Bertz CT molecular complexity index is 1230. The molecule has 4 aliphatic rings. The van der Waals surface area contributed by atoms with Crippen molar-refractivity contribution in [1.82, 2.24) is 29.6 Å². The zero-order valence-electron chi connectivity index (χ0n) is 18.7. The molecule has 176 valence electrons. The molecule has 2 aromatic heterocycles. The standard InChI is InChI=1S/C24H25ClFN7O/c25-17-1-2-20-15(5-17)10-31(19-3-4-34-12-19)11-21-29-30-22(33(20)21)16-6-24(7-16)13-32(14-24)23-27-8-18(26)9-28-23/h1-2,5,8-9,16,19H,3-4,6-7,10-14H2/t19-/m0/s1. The van der Waals surface area contributed by atoms with Crippen LogP contribution in [-0.4, -0.2) is 62.0 Å². The number of halogens is 2. The summed E-state index contributed by atoms with van der Waals surface area (Å²) in [7, 11) is 0. The Kier molecular flexibility index (Phi) is 4.69. The van der Waals surface area contributed by atoms with Gasteiger partial charge in [0, 0.05) is 48.6 Å². The van der Waals surface area contributed by atoms with Gasteiger partial charge in [-0.25, -0.2) is 14.4 Å². The summed E-state index contributed by atoms with van der Waals surface area (Å²) in [4.78, 5) is 12.8. The molecule has 1 aromatic carbocycles. The summed E-state index contributed by atoms with van der Waals surface area (Å²) in [5.74, 6) is 2.59. The van der Waals surface area contributed by atoms with Crippen molar-refractivity contribution in [2.75, 3.05) is 31.2 Å². The van der Waals surface area contributed by atoms with Gasteiger partial charge in [-0.05, 0) is 43.0 Å². The Morgan fingerprint density at radius 3 is 2.68 bits per heavy atom. The van der Waals surface area contributed by atoms with Crippen molar-refractivity contribution in [3.63, 3.8) is 0 Å². The summed E-state index contributed by atoms with van der Waals surface area (Å²) in [6, 6.07) is 6.53. The third kappa shape index (κ3) is 3.32. The molecule has 0 unspecified atom stereocenters. The van der Waals surface area contributed by atoms with E-state index in [0.717, 1.165) is 81.0 Å². The Morgan fingerprint density at radius 2 is 1.91 bits per heavy atom. The minimum atomic E-state index is -0.407. The zero-order valence-corrected chi connectivity index (χ0v) is 19.5. The van der Waals surface area contributed by atoms with Crippen LogP contribution in [0.5, 0.6) is 0 Å². The van der Waals surface area contributed by atoms with E-state index in [0.29, 0.717) is 17.9 Å². The van der Waals surface area contributed by atoms with E-state index >= 15 is 0 Å². The fourth-order valence-corrected chi connectivity index (χ4v) is 6.38. The van der Waals surface area contributed by atoms with E-state index in [2.05, 4.69) is 41.6 Å². The van der Waals surface area contributed by atoms with Crippen LogP contribution >= 0.6 is 11.6 Å². The van der Waals surface area contributed by atoms with Crippen molar-refractivity contribution in [1.29, 1.82) is 0 Å². The maximum Gasteiger partial charge on any atom is 0.225 e. The topological polar surface area (TPSA) is 72.2 Å². The van der Waals surface area contributed by atoms with Gasteiger partial charge >= 0.3 is 0 Å². The van der Waals surface area contributed by atoms with Crippen LogP contribution in [0.15, 0.2) is 30.6 Å². The third-order valence-corrected chi connectivity index (χ3v) is 8.08. The minimum absolute atomic E-state index is 0.260. The number of anilines is 1. The van der Waals surface area contributed by atoms with Crippen LogP contribution in [-0.2, 0) is 17.8 Å². The van der Waals surface area contributed by atoms with E-state index < -0.39 is 5.82 Å². The van der Waals surface area contributed by atoms with Crippen LogP contribution in [0.4, 0.5) is 10.3 Å². The molecule has 8 nitrogen and oxygen atoms in total. The zero-order chi connectivity index (χ0) is 22.9. The molecule has 3 aromatic rings. The maximum absolute atomic E-state index is 13.1. The van der Waals surface area contributed by atoms with Gasteiger partial charge in [0.1, 0.15) is 5.82 Å². The number of aromatic nitrogens is 5. The highest BCUT2D eigenvalue weighted by Gasteiger charge is 2.54. The first kappa shape index (κ1) is 20.7. The summed E-state index contributed by atoms with van der Waals surface area (Å²) in [5.41, 5.74) is 2.60. The van der Waals surface area contributed by atoms with Gasteiger partial charge in [-0.2, -0.15) is 0 Å². The van der Waals surface area contributed by atoms with E-state index in [1.165, 1.54) is 18.0 Å². The molecule has 0 radical (unpaired) electrons. The van der Waals surface area contributed by atoms with E-state index in [9.17, 15) is 4.39 Å². The number of hydrogen-bond acceptors (Lipinski definition) is 7. The van der Waals surface area contributed by atoms with Crippen molar-refractivity contribution in [2.24, 2.45) is 5.41 Å². The molecule has 1 atom stereocenters. The summed E-state index contributed by atoms with van der Waals surface area (Å²) < 4.78 is 21.1. The summed E-state index contributed by atoms with van der Waals surface area (Å²) in [6.45, 7) is 4.95. The van der Waals surface area contributed by atoms with Crippen LogP contribution in [0.3, 0.4) is 0 Å². The number of benzene rings is 1. The molecule has 0 bridgehead atoms. The molecule has 3 aliphatic heterocycles. The second-order valence-corrected chi connectivity index (χ2v) is 10.6. The molecule has 0 amide bonds. The van der Waals surface area contributed by atoms with Crippen molar-refractivity contribution < 1.29 is 9.13 Å². The molecule has 1 saturated carbocycles. The lowest BCUT2D eigenvalue weighted by Gasteiger charge is -2.58. The van der Waals surface area contributed by atoms with Crippen molar-refractivity contribution in [2.45, 2.75) is 44.3 Å². The quantitative estimate of drug-likeness (QED) is 0.568. The minimum Gasteiger partial charge on any atom is -0.380 e. The lowest BCUT2D eigenvalue weighted by Crippen LogP contribution is -2.62. The lowest BCUT2D eigenvalue weighted by molar-refractivity contribution is 0.0574. The fourth-order valence-electron chi connectivity index (χ4n) is 6.18. The van der Waals surface area contributed by atoms with Gasteiger partial charge in [-0.3, -0.25) is 9.47 Å². The maximum atomic E-state index is 13.1. The van der Waals surface area contributed by atoms with Crippen LogP contribution in [0.1, 0.15) is 42.4 Å². The largest absolute Gasteiger partial charge is 0.380 e. The average molecular weight is 482 g/mol. The number of nitrogens with zero attached hydrogens (tertiary/aromatic N) is 7. The van der Waals surface area contributed by atoms with Crippen molar-refractivity contribution in [3.8, 4) is 5.69 Å². The van der Waals surface area contributed by atoms with Crippen molar-refractivity contribution in [3.05, 3.63) is 58.6 Å². The van der Waals surface area contributed by atoms with Crippen LogP contribution in [0, 0.1) is 11.2 Å². The lowest BCUT2D eigenvalue weighted by atomic mass is 9.57. The summed E-state index contributed by atoms with van der Waals surface area (Å²) in [5, 5.41) is 10.1. The van der Waals surface area contributed by atoms with Gasteiger partial charge in [0.05, 0.1) is 31.2 Å². The first-order chi connectivity index (χ1) is 16.6. The van der Waals surface area contributed by atoms with Gasteiger partial charge in [0.25, 0.3) is 0 Å². The molecule has 1 spiro atoms. The van der Waals surface area contributed by atoms with Gasteiger partial charge in [-0.15, -0.1) is 10.2 Å². The molecule has 7 rings (SSSR count). The van der Waals surface area contributed by atoms with Gasteiger partial charge in [0.15, 0.2) is 11.6 Å². The van der Waals surface area contributed by atoms with E-state index in [1.54, 1.807) is 0 Å². The molecular formula is C24H25ClFN7O. The fraction of sp³-hybridized carbons (Fsp3) is 0.500. The Balaban J connectivity index is 1.14. The molecule has 34 heavy (non-hydrogen) atoms. The second kappa shape index (κ2) is 7.69. The van der Waals surface area contributed by atoms with Gasteiger partial charge in [-0.1, -0.05) is 11.6 Å². The Labute approximate surface area is 201 Å². The monoisotopic (exact) mass is 481 g/mol. The average Bonchev–Trinajstić information content (AvgIpc) is 3.41. The number of ether oxygens (including phenoxy) is 1. The highest BCUT2D eigenvalue weighted by molar-refractivity contribution is 6.30. The molecule has 2 saturated heterocycles. The van der Waals surface area contributed by atoms with E-state index in [-0.39, 0.29) is 5.41 Å². The first-order valence-electron chi connectivity index (χ1n) is 11.8.